The van der Waals surface area contributed by atoms with Crippen molar-refractivity contribution in [3.05, 3.63) is 36.4 Å². The molecule has 0 aliphatic heterocycles. The summed E-state index contributed by atoms with van der Waals surface area (Å²) in [7, 11) is 1.46. The summed E-state index contributed by atoms with van der Waals surface area (Å²) in [6.07, 6.45) is -1.18. The van der Waals surface area contributed by atoms with Crippen LogP contribution >= 0.6 is 0 Å². The molecule has 0 unspecified atom stereocenters. The molecule has 1 rings (SSSR count). The highest BCUT2D eigenvalue weighted by Crippen LogP contribution is 2.17. The summed E-state index contributed by atoms with van der Waals surface area (Å²) in [5.41, 5.74) is 1.21. The van der Waals surface area contributed by atoms with Gasteiger partial charge in [-0.05, 0) is 24.6 Å². The first-order valence-corrected chi connectivity index (χ1v) is 5.59. The van der Waals surface area contributed by atoms with Gasteiger partial charge < -0.3 is 14.8 Å². The minimum atomic E-state index is -0.597. The molecule has 0 aromatic heterocycles. The first-order chi connectivity index (χ1) is 9.01. The van der Waals surface area contributed by atoms with Gasteiger partial charge in [-0.25, -0.2) is 9.59 Å². The van der Waals surface area contributed by atoms with E-state index >= 15 is 0 Å². The summed E-state index contributed by atoms with van der Waals surface area (Å²) >= 11 is 0. The topological polar surface area (TPSA) is 76.7 Å². The fraction of sp³-hybridized carbons (Fsp3) is 0.231. The Morgan fingerprint density at radius 1 is 1.32 bits per heavy atom. The molecule has 6 heteroatoms. The fourth-order valence-corrected chi connectivity index (χ4v) is 1.14. The van der Waals surface area contributed by atoms with E-state index in [0.717, 1.165) is 5.57 Å². The van der Waals surface area contributed by atoms with Crippen LogP contribution in [-0.2, 0) is 4.74 Å². The third-order valence-electron chi connectivity index (χ3n) is 1.94. The van der Waals surface area contributed by atoms with E-state index in [0.29, 0.717) is 11.4 Å². The lowest BCUT2D eigenvalue weighted by Crippen LogP contribution is -2.22. The minimum Gasteiger partial charge on any atom is -0.445 e. The minimum absolute atomic E-state index is 0.153. The highest BCUT2D eigenvalue weighted by molar-refractivity contribution is 5.85. The average molecular weight is 264 g/mol. The lowest BCUT2D eigenvalue weighted by molar-refractivity contribution is 0.171. The van der Waals surface area contributed by atoms with Crippen molar-refractivity contribution in [1.82, 2.24) is 5.32 Å². The molecule has 0 bridgehead atoms. The number of hydrogen-bond acceptors (Lipinski definition) is 4. The maximum absolute atomic E-state index is 11.4. The average Bonchev–Trinajstić information content (AvgIpc) is 2.36. The number of anilines is 1. The number of hydrogen-bond donors (Lipinski definition) is 2. The van der Waals surface area contributed by atoms with E-state index in [4.69, 9.17) is 9.47 Å². The van der Waals surface area contributed by atoms with E-state index in [1.54, 1.807) is 25.1 Å². The van der Waals surface area contributed by atoms with Crippen LogP contribution in [0.15, 0.2) is 36.4 Å². The Kier molecular flexibility index (Phi) is 5.40. The zero-order valence-electron chi connectivity index (χ0n) is 10.9. The van der Waals surface area contributed by atoms with E-state index in [1.165, 1.54) is 13.1 Å². The summed E-state index contributed by atoms with van der Waals surface area (Å²) in [6, 6.07) is 6.41. The van der Waals surface area contributed by atoms with Gasteiger partial charge in [-0.3, -0.25) is 5.32 Å². The molecular formula is C13H16N2O4. The maximum Gasteiger partial charge on any atom is 0.412 e. The summed E-state index contributed by atoms with van der Waals surface area (Å²) in [5, 5.41) is 4.84. The molecule has 2 N–H and O–H groups in total. The number of amides is 2. The lowest BCUT2D eigenvalue weighted by Gasteiger charge is -2.08. The standard InChI is InChI=1S/C13H16N2O4/c1-9(2)8-18-13(17)15-10-5-4-6-11(7-10)19-12(16)14-3/h4-7H,1,8H2,2-3H3,(H,14,16)(H,15,17). The Hall–Kier alpha value is -2.50. The molecule has 0 saturated heterocycles. The van der Waals surface area contributed by atoms with Crippen LogP contribution in [-0.4, -0.2) is 25.8 Å². The molecule has 1 aromatic rings. The molecule has 6 nitrogen and oxygen atoms in total. The van der Waals surface area contributed by atoms with Crippen molar-refractivity contribution in [2.24, 2.45) is 0 Å². The second kappa shape index (κ2) is 7.05. The molecular weight excluding hydrogens is 248 g/mol. The molecule has 102 valence electrons. The molecule has 0 radical (unpaired) electrons. The molecule has 1 aromatic carbocycles. The van der Waals surface area contributed by atoms with Crippen LogP contribution in [0.3, 0.4) is 0 Å². The Labute approximate surface area is 111 Å². The van der Waals surface area contributed by atoms with E-state index in [1.807, 2.05) is 0 Å². The van der Waals surface area contributed by atoms with Gasteiger partial charge in [0.25, 0.3) is 0 Å². The second-order valence-electron chi connectivity index (χ2n) is 3.83. The zero-order chi connectivity index (χ0) is 14.3. The summed E-state index contributed by atoms with van der Waals surface area (Å²) < 4.78 is 9.81. The van der Waals surface area contributed by atoms with Gasteiger partial charge in [0.15, 0.2) is 0 Å². The van der Waals surface area contributed by atoms with Crippen molar-refractivity contribution >= 4 is 17.9 Å². The normalized spacial score (nSPS) is 9.37. The van der Waals surface area contributed by atoms with Crippen molar-refractivity contribution in [2.75, 3.05) is 19.0 Å². The monoisotopic (exact) mass is 264 g/mol. The molecule has 2 amide bonds. The van der Waals surface area contributed by atoms with Crippen LogP contribution in [0.1, 0.15) is 6.92 Å². The lowest BCUT2D eigenvalue weighted by atomic mass is 10.3. The van der Waals surface area contributed by atoms with Gasteiger partial charge in [-0.15, -0.1) is 0 Å². The zero-order valence-corrected chi connectivity index (χ0v) is 10.9. The van der Waals surface area contributed by atoms with E-state index in [9.17, 15) is 9.59 Å². The number of carbonyl (C=O) groups is 2. The smallest absolute Gasteiger partial charge is 0.412 e. The van der Waals surface area contributed by atoms with Crippen molar-refractivity contribution < 1.29 is 19.1 Å². The fourth-order valence-electron chi connectivity index (χ4n) is 1.14. The number of ether oxygens (including phenoxy) is 2. The number of carbonyl (C=O) groups excluding carboxylic acids is 2. The van der Waals surface area contributed by atoms with Crippen molar-refractivity contribution in [3.63, 3.8) is 0 Å². The predicted octanol–water partition coefficient (Wildman–Crippen LogP) is 2.53. The molecule has 0 atom stereocenters. The van der Waals surface area contributed by atoms with Crippen LogP contribution in [0.2, 0.25) is 0 Å². The quantitative estimate of drug-likeness (QED) is 0.819. The van der Waals surface area contributed by atoms with E-state index in [2.05, 4.69) is 17.2 Å². The molecule has 0 heterocycles. The third kappa shape index (κ3) is 5.58. The van der Waals surface area contributed by atoms with Gasteiger partial charge in [0.05, 0.1) is 0 Å². The van der Waals surface area contributed by atoms with Crippen LogP contribution < -0.4 is 15.4 Å². The largest absolute Gasteiger partial charge is 0.445 e. The van der Waals surface area contributed by atoms with Crippen LogP contribution in [0.5, 0.6) is 5.75 Å². The number of benzene rings is 1. The Morgan fingerprint density at radius 3 is 2.68 bits per heavy atom. The Morgan fingerprint density at radius 2 is 2.05 bits per heavy atom. The third-order valence-corrected chi connectivity index (χ3v) is 1.94. The number of rotatable bonds is 4. The molecule has 0 aliphatic carbocycles. The highest BCUT2D eigenvalue weighted by atomic mass is 16.6. The predicted molar refractivity (Wildman–Crippen MR) is 71.3 cm³/mol. The Bertz CT molecular complexity index is 485. The molecule has 0 fully saturated rings. The van der Waals surface area contributed by atoms with Gasteiger partial charge in [0, 0.05) is 18.8 Å². The van der Waals surface area contributed by atoms with Crippen molar-refractivity contribution in [1.29, 1.82) is 0 Å². The maximum atomic E-state index is 11.4. The number of nitrogens with one attached hydrogen (secondary N) is 2. The van der Waals surface area contributed by atoms with E-state index < -0.39 is 12.2 Å². The van der Waals surface area contributed by atoms with Crippen molar-refractivity contribution in [2.45, 2.75) is 6.92 Å². The SMILES string of the molecule is C=C(C)COC(=O)Nc1cccc(OC(=O)NC)c1. The summed E-state index contributed by atoms with van der Waals surface area (Å²) in [6.45, 7) is 5.53. The first-order valence-electron chi connectivity index (χ1n) is 5.59. The van der Waals surface area contributed by atoms with Gasteiger partial charge in [-0.1, -0.05) is 12.6 Å². The summed E-state index contributed by atoms with van der Waals surface area (Å²) in [4.78, 5) is 22.4. The molecule has 0 aliphatic rings. The molecule has 19 heavy (non-hydrogen) atoms. The Balaban J connectivity index is 2.59. The van der Waals surface area contributed by atoms with Gasteiger partial charge >= 0.3 is 12.2 Å². The molecule has 0 spiro atoms. The van der Waals surface area contributed by atoms with Crippen molar-refractivity contribution in [3.8, 4) is 5.75 Å². The van der Waals surface area contributed by atoms with Crippen LogP contribution in [0.4, 0.5) is 15.3 Å². The van der Waals surface area contributed by atoms with E-state index in [-0.39, 0.29) is 6.61 Å². The second-order valence-corrected chi connectivity index (χ2v) is 3.83. The summed E-state index contributed by atoms with van der Waals surface area (Å²) in [5.74, 6) is 0.317. The highest BCUT2D eigenvalue weighted by Gasteiger charge is 2.06. The van der Waals surface area contributed by atoms with Gasteiger partial charge in [0.1, 0.15) is 12.4 Å². The van der Waals surface area contributed by atoms with Crippen LogP contribution in [0.25, 0.3) is 0 Å². The van der Waals surface area contributed by atoms with Crippen LogP contribution in [0, 0.1) is 0 Å². The van der Waals surface area contributed by atoms with Gasteiger partial charge in [0.2, 0.25) is 0 Å². The first kappa shape index (κ1) is 14.6. The van der Waals surface area contributed by atoms with Gasteiger partial charge in [-0.2, -0.15) is 0 Å². The molecule has 0 saturated carbocycles.